The van der Waals surface area contributed by atoms with Gasteiger partial charge in [-0.05, 0) is 48.7 Å². The van der Waals surface area contributed by atoms with Crippen LogP contribution in [0.25, 0.3) is 5.57 Å². The molecule has 1 aliphatic rings. The van der Waals surface area contributed by atoms with Crippen molar-refractivity contribution in [2.45, 2.75) is 26.4 Å². The smallest absolute Gasteiger partial charge is 0.254 e. The molecule has 31 heavy (non-hydrogen) atoms. The molecule has 0 bridgehead atoms. The van der Waals surface area contributed by atoms with E-state index >= 15 is 0 Å². The SMILES string of the molecule is CC(=O)[C@@H](NC(=O)C1=C(C)N(c2cccc(Cl)c2)Cc2ccccc21)c1ccccc1. The summed E-state index contributed by atoms with van der Waals surface area (Å²) in [6.07, 6.45) is 0. The van der Waals surface area contributed by atoms with Gasteiger partial charge in [0.2, 0.25) is 0 Å². The van der Waals surface area contributed by atoms with Crippen LogP contribution in [0.3, 0.4) is 0 Å². The van der Waals surface area contributed by atoms with Crippen LogP contribution in [0, 0.1) is 0 Å². The summed E-state index contributed by atoms with van der Waals surface area (Å²) in [6.45, 7) is 4.05. The number of hydrogen-bond acceptors (Lipinski definition) is 3. The first-order chi connectivity index (χ1) is 15.0. The summed E-state index contributed by atoms with van der Waals surface area (Å²) in [7, 11) is 0. The number of rotatable bonds is 5. The Bertz CT molecular complexity index is 1170. The summed E-state index contributed by atoms with van der Waals surface area (Å²) in [5.41, 5.74) is 4.97. The first-order valence-corrected chi connectivity index (χ1v) is 10.5. The highest BCUT2D eigenvalue weighted by atomic mass is 35.5. The van der Waals surface area contributed by atoms with Crippen molar-refractivity contribution < 1.29 is 9.59 Å². The minimum absolute atomic E-state index is 0.117. The molecule has 0 aromatic heterocycles. The highest BCUT2D eigenvalue weighted by Crippen LogP contribution is 2.36. The predicted octanol–water partition coefficient (Wildman–Crippen LogP) is 5.54. The molecule has 156 valence electrons. The Labute approximate surface area is 187 Å². The standard InChI is InChI=1S/C26H23ClN2O2/c1-17-24(26(31)28-25(18(2)30)19-9-4-3-5-10-19)23-14-7-6-11-20(23)16-29(17)22-13-8-12-21(27)15-22/h3-15,25H,16H2,1-2H3,(H,28,31)/t25-/m1/s1. The maximum atomic E-state index is 13.5. The van der Waals surface area contributed by atoms with Crippen molar-refractivity contribution in [1.29, 1.82) is 0 Å². The number of nitrogens with one attached hydrogen (secondary N) is 1. The zero-order valence-electron chi connectivity index (χ0n) is 17.4. The number of fused-ring (bicyclic) bond motifs is 1. The molecule has 1 N–H and O–H groups in total. The Morgan fingerprint density at radius 2 is 1.68 bits per heavy atom. The molecule has 0 unspecified atom stereocenters. The monoisotopic (exact) mass is 430 g/mol. The van der Waals surface area contributed by atoms with Crippen LogP contribution in [0.1, 0.15) is 36.6 Å². The summed E-state index contributed by atoms with van der Waals surface area (Å²) in [4.78, 5) is 28.0. The second-order valence-corrected chi connectivity index (χ2v) is 8.05. The van der Waals surface area contributed by atoms with Crippen LogP contribution in [0.15, 0.2) is 84.6 Å². The van der Waals surface area contributed by atoms with Gasteiger partial charge in [-0.2, -0.15) is 0 Å². The lowest BCUT2D eigenvalue weighted by Crippen LogP contribution is -2.37. The highest BCUT2D eigenvalue weighted by Gasteiger charge is 2.29. The number of carbonyl (C=O) groups excluding carboxylic acids is 2. The predicted molar refractivity (Wildman–Crippen MR) is 125 cm³/mol. The van der Waals surface area contributed by atoms with E-state index in [-0.39, 0.29) is 11.7 Å². The number of nitrogens with zero attached hydrogens (tertiary/aromatic N) is 1. The first kappa shape index (κ1) is 20.9. The lowest BCUT2D eigenvalue weighted by Gasteiger charge is -2.34. The van der Waals surface area contributed by atoms with Gasteiger partial charge in [0.25, 0.3) is 5.91 Å². The average molecular weight is 431 g/mol. The lowest BCUT2D eigenvalue weighted by atomic mass is 9.92. The summed E-state index contributed by atoms with van der Waals surface area (Å²) in [5.74, 6) is -0.394. The minimum atomic E-state index is -0.706. The second-order valence-electron chi connectivity index (χ2n) is 7.61. The van der Waals surface area contributed by atoms with Crippen molar-refractivity contribution in [1.82, 2.24) is 5.32 Å². The van der Waals surface area contributed by atoms with E-state index in [0.29, 0.717) is 17.1 Å². The molecule has 1 amide bonds. The molecule has 0 fully saturated rings. The molecule has 4 nitrogen and oxygen atoms in total. The third-order valence-corrected chi connectivity index (χ3v) is 5.78. The number of allylic oxidation sites excluding steroid dienone is 1. The number of benzene rings is 3. The topological polar surface area (TPSA) is 49.4 Å². The number of ketones is 1. The van der Waals surface area contributed by atoms with E-state index in [1.807, 2.05) is 85.8 Å². The van der Waals surface area contributed by atoms with Crippen molar-refractivity contribution in [2.75, 3.05) is 4.90 Å². The van der Waals surface area contributed by atoms with Crippen LogP contribution in [-0.2, 0) is 16.1 Å². The van der Waals surface area contributed by atoms with E-state index in [9.17, 15) is 9.59 Å². The molecule has 1 aliphatic heterocycles. The summed E-state index contributed by atoms with van der Waals surface area (Å²) < 4.78 is 0. The van der Waals surface area contributed by atoms with Crippen LogP contribution in [0.4, 0.5) is 5.69 Å². The van der Waals surface area contributed by atoms with E-state index in [0.717, 1.165) is 28.1 Å². The van der Waals surface area contributed by atoms with E-state index in [1.165, 1.54) is 6.92 Å². The largest absolute Gasteiger partial charge is 0.340 e. The quantitative estimate of drug-likeness (QED) is 0.578. The van der Waals surface area contributed by atoms with Crippen LogP contribution in [0.5, 0.6) is 0 Å². The van der Waals surface area contributed by atoms with Crippen molar-refractivity contribution in [3.8, 4) is 0 Å². The maximum absolute atomic E-state index is 13.5. The second kappa shape index (κ2) is 8.78. The van der Waals surface area contributed by atoms with Gasteiger partial charge in [-0.3, -0.25) is 9.59 Å². The fourth-order valence-electron chi connectivity index (χ4n) is 4.00. The highest BCUT2D eigenvalue weighted by molar-refractivity contribution is 6.30. The summed E-state index contributed by atoms with van der Waals surface area (Å²) >= 11 is 6.22. The van der Waals surface area contributed by atoms with Crippen LogP contribution >= 0.6 is 11.6 Å². The van der Waals surface area contributed by atoms with Gasteiger partial charge in [0, 0.05) is 23.0 Å². The summed E-state index contributed by atoms with van der Waals surface area (Å²) in [6, 6.07) is 24.0. The normalized spacial score (nSPS) is 14.1. The van der Waals surface area contributed by atoms with Crippen LogP contribution in [-0.4, -0.2) is 11.7 Å². The van der Waals surface area contributed by atoms with Gasteiger partial charge in [0.05, 0.1) is 5.57 Å². The third-order valence-electron chi connectivity index (χ3n) is 5.54. The maximum Gasteiger partial charge on any atom is 0.254 e. The van der Waals surface area contributed by atoms with Gasteiger partial charge in [-0.25, -0.2) is 0 Å². The van der Waals surface area contributed by atoms with Crippen LogP contribution in [0.2, 0.25) is 5.02 Å². The Hall–Kier alpha value is -3.37. The molecule has 1 heterocycles. The van der Waals surface area contributed by atoms with Gasteiger partial charge in [0.15, 0.2) is 5.78 Å². The Morgan fingerprint density at radius 3 is 2.39 bits per heavy atom. The molecular formula is C26H23ClN2O2. The van der Waals surface area contributed by atoms with Crippen LogP contribution < -0.4 is 10.2 Å². The average Bonchev–Trinajstić information content (AvgIpc) is 2.77. The molecule has 0 aliphatic carbocycles. The molecule has 5 heteroatoms. The minimum Gasteiger partial charge on any atom is -0.340 e. The van der Waals surface area contributed by atoms with Gasteiger partial charge in [-0.1, -0.05) is 72.3 Å². The number of amides is 1. The molecule has 0 saturated carbocycles. The molecule has 4 rings (SSSR count). The zero-order valence-corrected chi connectivity index (χ0v) is 18.2. The van der Waals surface area contributed by atoms with Gasteiger partial charge in [-0.15, -0.1) is 0 Å². The van der Waals surface area contributed by atoms with E-state index < -0.39 is 6.04 Å². The van der Waals surface area contributed by atoms with Crippen molar-refractivity contribution in [2.24, 2.45) is 0 Å². The molecular weight excluding hydrogens is 408 g/mol. The molecule has 1 atom stereocenters. The zero-order chi connectivity index (χ0) is 22.0. The van der Waals surface area contributed by atoms with Gasteiger partial charge < -0.3 is 10.2 Å². The van der Waals surface area contributed by atoms with E-state index in [1.54, 1.807) is 0 Å². The molecule has 0 radical (unpaired) electrons. The number of hydrogen-bond donors (Lipinski definition) is 1. The third kappa shape index (κ3) is 4.25. The van der Waals surface area contributed by atoms with E-state index in [4.69, 9.17) is 11.6 Å². The Morgan fingerprint density at radius 1 is 0.968 bits per heavy atom. The number of carbonyl (C=O) groups is 2. The van der Waals surface area contributed by atoms with Gasteiger partial charge in [0.1, 0.15) is 6.04 Å². The first-order valence-electron chi connectivity index (χ1n) is 10.1. The summed E-state index contributed by atoms with van der Waals surface area (Å²) in [5, 5.41) is 3.59. The fourth-order valence-corrected chi connectivity index (χ4v) is 4.19. The Balaban J connectivity index is 1.76. The van der Waals surface area contributed by atoms with E-state index in [2.05, 4.69) is 10.2 Å². The van der Waals surface area contributed by atoms with Gasteiger partial charge >= 0.3 is 0 Å². The molecule has 3 aromatic rings. The van der Waals surface area contributed by atoms with Crippen molar-refractivity contribution >= 4 is 34.6 Å². The number of halogens is 1. The number of anilines is 1. The number of Topliss-reactive ketones (excluding diaryl/α,β-unsaturated/α-hetero) is 1. The molecule has 3 aromatic carbocycles. The lowest BCUT2D eigenvalue weighted by molar-refractivity contribution is -0.124. The Kier molecular flexibility index (Phi) is 5.92. The molecule has 0 saturated heterocycles. The van der Waals surface area contributed by atoms with Crippen molar-refractivity contribution in [3.05, 3.63) is 106 Å². The van der Waals surface area contributed by atoms with Crippen molar-refractivity contribution in [3.63, 3.8) is 0 Å². The molecule has 0 spiro atoms. The fraction of sp³-hybridized carbons (Fsp3) is 0.154.